The monoisotopic (exact) mass is 425 g/mol. The molecule has 9 nitrogen and oxygen atoms in total. The summed E-state index contributed by atoms with van der Waals surface area (Å²) in [5.41, 5.74) is 0.355. The molecule has 2 aliphatic heterocycles. The molecule has 0 bridgehead atoms. The van der Waals surface area contributed by atoms with Gasteiger partial charge in [-0.3, -0.25) is 19.4 Å². The quantitative estimate of drug-likeness (QED) is 0.678. The highest BCUT2D eigenvalue weighted by Gasteiger charge is 2.35. The highest BCUT2D eigenvalue weighted by molar-refractivity contribution is 6.04. The average Bonchev–Trinajstić information content (AvgIpc) is 2.78. The first-order valence-corrected chi connectivity index (χ1v) is 10.7. The van der Waals surface area contributed by atoms with Crippen LogP contribution in [0, 0.1) is 0 Å². The number of hydrogen-bond acceptors (Lipinski definition) is 6. The first-order valence-electron chi connectivity index (χ1n) is 10.7. The van der Waals surface area contributed by atoms with E-state index >= 15 is 0 Å². The number of piperidine rings is 1. The van der Waals surface area contributed by atoms with Gasteiger partial charge in [-0.2, -0.15) is 4.98 Å². The van der Waals surface area contributed by atoms with Crippen molar-refractivity contribution < 1.29 is 14.3 Å². The summed E-state index contributed by atoms with van der Waals surface area (Å²) in [5, 5.41) is 5.46. The molecule has 164 valence electrons. The van der Waals surface area contributed by atoms with Crippen molar-refractivity contribution in [1.82, 2.24) is 9.97 Å². The zero-order valence-electron chi connectivity index (χ0n) is 17.7. The van der Waals surface area contributed by atoms with Crippen molar-refractivity contribution in [2.75, 3.05) is 29.2 Å². The molecule has 1 aromatic carbocycles. The third-order valence-corrected chi connectivity index (χ3v) is 5.98. The molecule has 3 N–H and O–H groups in total. The van der Waals surface area contributed by atoms with Crippen molar-refractivity contribution in [2.45, 2.75) is 51.0 Å². The summed E-state index contributed by atoms with van der Waals surface area (Å²) in [6.07, 6.45) is 4.04. The lowest BCUT2D eigenvalue weighted by Crippen LogP contribution is -2.43. The number of methoxy groups -OCH3 is 1. The number of fused-ring (bicyclic) bond motifs is 1. The van der Waals surface area contributed by atoms with E-state index in [-0.39, 0.29) is 23.7 Å². The van der Waals surface area contributed by atoms with Gasteiger partial charge in [-0.15, -0.1) is 0 Å². The van der Waals surface area contributed by atoms with Crippen molar-refractivity contribution in [2.24, 2.45) is 0 Å². The van der Waals surface area contributed by atoms with Gasteiger partial charge in [0, 0.05) is 24.7 Å². The zero-order chi connectivity index (χ0) is 22.0. The first-order chi connectivity index (χ1) is 15.0. The maximum Gasteiger partial charge on any atom is 0.258 e. The number of carbonyl (C=O) groups excluding carboxylic acids is 2. The molecule has 2 atom stereocenters. The topological polar surface area (TPSA) is 116 Å². The largest absolute Gasteiger partial charge is 0.497 e. The van der Waals surface area contributed by atoms with Gasteiger partial charge >= 0.3 is 0 Å². The second kappa shape index (κ2) is 8.79. The molecule has 3 heterocycles. The van der Waals surface area contributed by atoms with Crippen molar-refractivity contribution >= 4 is 29.3 Å². The van der Waals surface area contributed by atoms with Gasteiger partial charge in [0.1, 0.15) is 11.6 Å². The van der Waals surface area contributed by atoms with Crippen LogP contribution in [0.3, 0.4) is 0 Å². The maximum absolute atomic E-state index is 13.0. The van der Waals surface area contributed by atoms with Crippen molar-refractivity contribution in [1.29, 1.82) is 0 Å². The molecule has 2 aromatic rings. The summed E-state index contributed by atoms with van der Waals surface area (Å²) < 4.78 is 5.12. The van der Waals surface area contributed by atoms with E-state index in [0.29, 0.717) is 23.4 Å². The molecular weight excluding hydrogens is 398 g/mol. The Balaban J connectivity index is 1.63. The van der Waals surface area contributed by atoms with E-state index in [1.165, 1.54) is 0 Å². The summed E-state index contributed by atoms with van der Waals surface area (Å²) in [4.78, 5) is 47.8. The minimum atomic E-state index is -0.917. The number of anilines is 3. The Morgan fingerprint density at radius 2 is 2.03 bits per heavy atom. The van der Waals surface area contributed by atoms with Crippen LogP contribution >= 0.6 is 0 Å². The van der Waals surface area contributed by atoms with E-state index in [2.05, 4.69) is 32.4 Å². The van der Waals surface area contributed by atoms with Crippen LogP contribution in [-0.2, 0) is 9.59 Å². The third kappa shape index (κ3) is 4.26. The van der Waals surface area contributed by atoms with E-state index in [9.17, 15) is 14.4 Å². The molecule has 0 spiro atoms. The Kier molecular flexibility index (Phi) is 5.92. The molecular formula is C22H27N5O4. The number of amides is 2. The van der Waals surface area contributed by atoms with E-state index < -0.39 is 17.4 Å². The normalized spacial score (nSPS) is 20.6. The fourth-order valence-corrected chi connectivity index (χ4v) is 4.33. The molecule has 4 rings (SSSR count). The van der Waals surface area contributed by atoms with Gasteiger partial charge < -0.3 is 20.3 Å². The molecule has 2 unspecified atom stereocenters. The summed E-state index contributed by atoms with van der Waals surface area (Å²) in [7, 11) is 1.56. The van der Waals surface area contributed by atoms with E-state index in [1.54, 1.807) is 31.4 Å². The predicted octanol–water partition coefficient (Wildman–Crippen LogP) is 2.61. The van der Waals surface area contributed by atoms with E-state index in [1.807, 2.05) is 0 Å². The number of ether oxygens (including phenoxy) is 1. The predicted molar refractivity (Wildman–Crippen MR) is 118 cm³/mol. The number of nitrogens with zero attached hydrogens (tertiary/aromatic N) is 2. The lowest BCUT2D eigenvalue weighted by molar-refractivity contribution is -0.123. The van der Waals surface area contributed by atoms with Crippen LogP contribution in [0.4, 0.5) is 17.5 Å². The minimum Gasteiger partial charge on any atom is -0.497 e. The van der Waals surface area contributed by atoms with Gasteiger partial charge in [0.15, 0.2) is 0 Å². The molecule has 31 heavy (non-hydrogen) atoms. The molecule has 9 heteroatoms. The van der Waals surface area contributed by atoms with Crippen LogP contribution in [-0.4, -0.2) is 41.5 Å². The highest BCUT2D eigenvalue weighted by Crippen LogP contribution is 2.32. The van der Waals surface area contributed by atoms with E-state index in [4.69, 9.17) is 4.74 Å². The number of aromatic nitrogens is 2. The number of nitrogens with one attached hydrogen (secondary N) is 3. The average molecular weight is 425 g/mol. The van der Waals surface area contributed by atoms with Gasteiger partial charge in [-0.05, 0) is 49.9 Å². The molecule has 1 aromatic heterocycles. The molecule has 0 saturated carbocycles. The lowest BCUT2D eigenvalue weighted by atomic mass is 9.92. The van der Waals surface area contributed by atoms with Crippen LogP contribution in [0.5, 0.6) is 5.75 Å². The Hall–Kier alpha value is -3.36. The molecule has 1 fully saturated rings. The van der Waals surface area contributed by atoms with Gasteiger partial charge in [-0.1, -0.05) is 6.92 Å². The number of aromatic amines is 1. The van der Waals surface area contributed by atoms with Crippen molar-refractivity contribution in [3.8, 4) is 5.75 Å². The number of benzene rings is 1. The summed E-state index contributed by atoms with van der Waals surface area (Å²) in [5.74, 6) is -0.393. The third-order valence-electron chi connectivity index (χ3n) is 5.98. The standard InChI is InChI=1S/C22H27N5O4/c1-3-14-6-4-5-11-27(14)22-25-19-18(21(30)26-22)16(12-17(28)24-19)20(29)23-13-7-9-15(31-2)10-8-13/h7-10,14,16H,3-6,11-12H2,1-2H3,(H,23,29)(H2,24,25,26,28,30). The van der Waals surface area contributed by atoms with E-state index in [0.717, 1.165) is 32.2 Å². The lowest BCUT2D eigenvalue weighted by Gasteiger charge is -2.36. The summed E-state index contributed by atoms with van der Waals surface area (Å²) in [6, 6.07) is 7.14. The number of carbonyl (C=O) groups is 2. The second-order valence-corrected chi connectivity index (χ2v) is 7.93. The van der Waals surface area contributed by atoms with Gasteiger partial charge in [0.2, 0.25) is 17.8 Å². The number of H-pyrrole nitrogens is 1. The molecule has 1 saturated heterocycles. The Morgan fingerprint density at radius 3 is 2.74 bits per heavy atom. The molecule has 2 amide bonds. The zero-order valence-corrected chi connectivity index (χ0v) is 17.7. The van der Waals surface area contributed by atoms with Crippen LogP contribution in [0.2, 0.25) is 0 Å². The second-order valence-electron chi connectivity index (χ2n) is 7.93. The molecule has 2 aliphatic rings. The van der Waals surface area contributed by atoms with Gasteiger partial charge in [-0.25, -0.2) is 0 Å². The van der Waals surface area contributed by atoms with Gasteiger partial charge in [0.05, 0.1) is 18.6 Å². The fraction of sp³-hybridized carbons (Fsp3) is 0.455. The SMILES string of the molecule is CCC1CCCCN1c1nc2c(c(=O)[nH]1)C(C(=O)Nc1ccc(OC)cc1)CC(=O)N2. The Morgan fingerprint density at radius 1 is 1.26 bits per heavy atom. The minimum absolute atomic E-state index is 0.111. The maximum atomic E-state index is 13.0. The molecule has 0 radical (unpaired) electrons. The van der Waals surface area contributed by atoms with Crippen LogP contribution in [0.25, 0.3) is 0 Å². The smallest absolute Gasteiger partial charge is 0.258 e. The fourth-order valence-electron chi connectivity index (χ4n) is 4.33. The van der Waals surface area contributed by atoms with Crippen molar-refractivity contribution in [3.05, 3.63) is 40.2 Å². The van der Waals surface area contributed by atoms with Crippen LogP contribution < -0.4 is 25.8 Å². The number of hydrogen-bond donors (Lipinski definition) is 3. The van der Waals surface area contributed by atoms with Crippen LogP contribution in [0.15, 0.2) is 29.1 Å². The first kappa shape index (κ1) is 20.9. The Bertz CT molecular complexity index is 1030. The molecule has 0 aliphatic carbocycles. The number of rotatable bonds is 5. The van der Waals surface area contributed by atoms with Gasteiger partial charge in [0.25, 0.3) is 5.56 Å². The van der Waals surface area contributed by atoms with Crippen LogP contribution in [0.1, 0.15) is 50.5 Å². The van der Waals surface area contributed by atoms with Crippen molar-refractivity contribution in [3.63, 3.8) is 0 Å². The summed E-state index contributed by atoms with van der Waals surface area (Å²) >= 11 is 0. The summed E-state index contributed by atoms with van der Waals surface area (Å²) in [6.45, 7) is 2.91. The highest BCUT2D eigenvalue weighted by atomic mass is 16.5. The Labute approximate surface area is 180 Å².